The van der Waals surface area contributed by atoms with Crippen molar-refractivity contribution in [3.8, 4) is 17.7 Å². The second-order valence-corrected chi connectivity index (χ2v) is 4.40. The van der Waals surface area contributed by atoms with Gasteiger partial charge in [-0.3, -0.25) is 4.79 Å². The predicted molar refractivity (Wildman–Crippen MR) is 74.9 cm³/mol. The third-order valence-electron chi connectivity index (χ3n) is 2.89. The SMILES string of the molecule is CCC(C)Oc1ncnc2[nH]cc(CC#CC(N)=O)c12. The van der Waals surface area contributed by atoms with Crippen molar-refractivity contribution in [2.45, 2.75) is 32.8 Å². The molecule has 0 saturated carbocycles. The maximum atomic E-state index is 10.6. The van der Waals surface area contributed by atoms with Crippen LogP contribution in [-0.2, 0) is 11.2 Å². The number of amides is 1. The maximum Gasteiger partial charge on any atom is 0.293 e. The van der Waals surface area contributed by atoms with Gasteiger partial charge in [0.05, 0.1) is 11.5 Å². The van der Waals surface area contributed by atoms with Gasteiger partial charge < -0.3 is 15.5 Å². The van der Waals surface area contributed by atoms with Crippen LogP contribution in [0.15, 0.2) is 12.5 Å². The minimum absolute atomic E-state index is 0.0625. The topological polar surface area (TPSA) is 93.9 Å². The average molecular weight is 272 g/mol. The molecule has 6 nitrogen and oxygen atoms in total. The molecule has 0 bridgehead atoms. The quantitative estimate of drug-likeness (QED) is 0.817. The summed E-state index contributed by atoms with van der Waals surface area (Å²) in [5.74, 6) is 4.92. The van der Waals surface area contributed by atoms with Crippen LogP contribution in [-0.4, -0.2) is 27.0 Å². The lowest BCUT2D eigenvalue weighted by molar-refractivity contribution is -0.112. The molecule has 1 unspecified atom stereocenters. The Balaban J connectivity index is 2.36. The Hall–Kier alpha value is -2.55. The Labute approximate surface area is 116 Å². The zero-order valence-corrected chi connectivity index (χ0v) is 11.4. The van der Waals surface area contributed by atoms with Crippen LogP contribution in [0.5, 0.6) is 5.88 Å². The fraction of sp³-hybridized carbons (Fsp3) is 0.357. The van der Waals surface area contributed by atoms with Gasteiger partial charge >= 0.3 is 0 Å². The van der Waals surface area contributed by atoms with Crippen LogP contribution in [0.2, 0.25) is 0 Å². The Kier molecular flexibility index (Phi) is 4.20. The van der Waals surface area contributed by atoms with E-state index in [-0.39, 0.29) is 6.10 Å². The van der Waals surface area contributed by atoms with E-state index in [4.69, 9.17) is 10.5 Å². The molecule has 0 aliphatic heterocycles. The van der Waals surface area contributed by atoms with Gasteiger partial charge in [0.1, 0.15) is 12.0 Å². The highest BCUT2D eigenvalue weighted by Crippen LogP contribution is 2.26. The molecule has 1 amide bonds. The van der Waals surface area contributed by atoms with Crippen molar-refractivity contribution in [2.75, 3.05) is 0 Å². The third kappa shape index (κ3) is 3.06. The third-order valence-corrected chi connectivity index (χ3v) is 2.89. The summed E-state index contributed by atoms with van der Waals surface area (Å²) in [4.78, 5) is 22.0. The van der Waals surface area contributed by atoms with E-state index >= 15 is 0 Å². The van der Waals surface area contributed by atoms with E-state index in [9.17, 15) is 4.79 Å². The number of ether oxygens (including phenoxy) is 1. The van der Waals surface area contributed by atoms with E-state index in [0.29, 0.717) is 17.9 Å². The average Bonchev–Trinajstić information content (AvgIpc) is 2.83. The molecular weight excluding hydrogens is 256 g/mol. The molecule has 104 valence electrons. The molecule has 2 aromatic heterocycles. The highest BCUT2D eigenvalue weighted by Gasteiger charge is 2.13. The van der Waals surface area contributed by atoms with E-state index in [0.717, 1.165) is 17.4 Å². The number of nitrogens with zero attached hydrogens (tertiary/aromatic N) is 2. The van der Waals surface area contributed by atoms with E-state index in [2.05, 4.69) is 26.8 Å². The number of hydrogen-bond donors (Lipinski definition) is 2. The molecule has 0 radical (unpaired) electrons. The predicted octanol–water partition coefficient (Wildman–Crippen LogP) is 1.17. The molecule has 0 fully saturated rings. The van der Waals surface area contributed by atoms with Gasteiger partial charge in [0.2, 0.25) is 5.88 Å². The lowest BCUT2D eigenvalue weighted by Gasteiger charge is -2.12. The summed E-state index contributed by atoms with van der Waals surface area (Å²) in [5, 5.41) is 0.798. The van der Waals surface area contributed by atoms with Gasteiger partial charge in [-0.15, -0.1) is 0 Å². The first kappa shape index (κ1) is 13.9. The summed E-state index contributed by atoms with van der Waals surface area (Å²) >= 11 is 0. The van der Waals surface area contributed by atoms with Crippen molar-refractivity contribution in [3.63, 3.8) is 0 Å². The zero-order chi connectivity index (χ0) is 14.5. The van der Waals surface area contributed by atoms with Crippen LogP contribution in [0, 0.1) is 11.8 Å². The molecule has 0 aliphatic rings. The first-order chi connectivity index (χ1) is 9.61. The summed E-state index contributed by atoms with van der Waals surface area (Å²) in [6, 6.07) is 0. The fourth-order valence-electron chi connectivity index (χ4n) is 1.73. The number of nitrogens with one attached hydrogen (secondary N) is 1. The van der Waals surface area contributed by atoms with Gasteiger partial charge in [-0.25, -0.2) is 9.97 Å². The first-order valence-electron chi connectivity index (χ1n) is 6.37. The van der Waals surface area contributed by atoms with Gasteiger partial charge in [-0.1, -0.05) is 12.8 Å². The molecule has 6 heteroatoms. The van der Waals surface area contributed by atoms with Crippen LogP contribution < -0.4 is 10.5 Å². The highest BCUT2D eigenvalue weighted by molar-refractivity contribution is 5.92. The number of aromatic amines is 1. The number of carbonyl (C=O) groups excluding carboxylic acids is 1. The molecule has 2 heterocycles. The minimum Gasteiger partial charge on any atom is -0.474 e. The second-order valence-electron chi connectivity index (χ2n) is 4.40. The molecule has 0 aromatic carbocycles. The Morgan fingerprint density at radius 2 is 2.35 bits per heavy atom. The standard InChI is InChI=1S/C14H16N4O2/c1-3-9(2)20-14-12-10(5-4-6-11(15)19)7-16-13(12)17-8-18-14/h7-9H,3,5H2,1-2H3,(H2,15,19)(H,16,17,18). The fourth-order valence-corrected chi connectivity index (χ4v) is 1.73. The first-order valence-corrected chi connectivity index (χ1v) is 6.37. The van der Waals surface area contributed by atoms with Crippen molar-refractivity contribution >= 4 is 16.9 Å². The Morgan fingerprint density at radius 1 is 1.55 bits per heavy atom. The molecule has 3 N–H and O–H groups in total. The monoisotopic (exact) mass is 272 g/mol. The van der Waals surface area contributed by atoms with Crippen molar-refractivity contribution in [3.05, 3.63) is 18.1 Å². The van der Waals surface area contributed by atoms with E-state index in [1.165, 1.54) is 6.33 Å². The van der Waals surface area contributed by atoms with Gasteiger partial charge in [0.25, 0.3) is 5.91 Å². The molecule has 2 aromatic rings. The largest absolute Gasteiger partial charge is 0.474 e. The van der Waals surface area contributed by atoms with Gasteiger partial charge in [-0.05, 0) is 24.8 Å². The van der Waals surface area contributed by atoms with Gasteiger partial charge in [-0.2, -0.15) is 0 Å². The summed E-state index contributed by atoms with van der Waals surface area (Å²) < 4.78 is 5.79. The minimum atomic E-state index is -0.642. The molecule has 20 heavy (non-hydrogen) atoms. The van der Waals surface area contributed by atoms with Crippen LogP contribution in [0.25, 0.3) is 11.0 Å². The van der Waals surface area contributed by atoms with E-state index in [1.807, 2.05) is 13.8 Å². The van der Waals surface area contributed by atoms with Crippen LogP contribution in [0.4, 0.5) is 0 Å². The molecule has 0 spiro atoms. The van der Waals surface area contributed by atoms with Crippen molar-refractivity contribution in [1.29, 1.82) is 0 Å². The van der Waals surface area contributed by atoms with Crippen LogP contribution in [0.3, 0.4) is 0 Å². The molecule has 1 atom stereocenters. The summed E-state index contributed by atoms with van der Waals surface area (Å²) in [6.45, 7) is 4.02. The Bertz CT molecular complexity index is 681. The molecule has 0 aliphatic carbocycles. The molecule has 2 rings (SSSR count). The Morgan fingerprint density at radius 3 is 3.05 bits per heavy atom. The van der Waals surface area contributed by atoms with Crippen LogP contribution in [0.1, 0.15) is 25.8 Å². The maximum absolute atomic E-state index is 10.6. The normalized spacial score (nSPS) is 11.7. The number of hydrogen-bond acceptors (Lipinski definition) is 4. The number of aromatic nitrogens is 3. The van der Waals surface area contributed by atoms with Crippen molar-refractivity contribution in [1.82, 2.24) is 15.0 Å². The summed E-state index contributed by atoms with van der Waals surface area (Å²) in [7, 11) is 0. The lowest BCUT2D eigenvalue weighted by Crippen LogP contribution is -2.11. The number of primary amides is 1. The van der Waals surface area contributed by atoms with E-state index < -0.39 is 5.91 Å². The lowest BCUT2D eigenvalue weighted by atomic mass is 10.2. The molecule has 0 saturated heterocycles. The number of carbonyl (C=O) groups is 1. The zero-order valence-electron chi connectivity index (χ0n) is 11.4. The van der Waals surface area contributed by atoms with Crippen molar-refractivity contribution < 1.29 is 9.53 Å². The highest BCUT2D eigenvalue weighted by atomic mass is 16.5. The smallest absolute Gasteiger partial charge is 0.293 e. The van der Waals surface area contributed by atoms with Crippen molar-refractivity contribution in [2.24, 2.45) is 5.73 Å². The second kappa shape index (κ2) is 6.06. The van der Waals surface area contributed by atoms with Gasteiger partial charge in [0, 0.05) is 12.6 Å². The number of H-pyrrole nitrogens is 1. The number of rotatable bonds is 4. The number of nitrogens with two attached hydrogens (primary N) is 1. The van der Waals surface area contributed by atoms with E-state index in [1.54, 1.807) is 6.20 Å². The van der Waals surface area contributed by atoms with Crippen LogP contribution >= 0.6 is 0 Å². The summed E-state index contributed by atoms with van der Waals surface area (Å²) in [5.41, 5.74) is 6.56. The van der Waals surface area contributed by atoms with Gasteiger partial charge in [0.15, 0.2) is 0 Å². The molecular formula is C14H16N4O2. The summed E-state index contributed by atoms with van der Waals surface area (Å²) in [6.07, 6.45) is 4.57. The number of fused-ring (bicyclic) bond motifs is 1.